The van der Waals surface area contributed by atoms with E-state index in [0.717, 1.165) is 29.8 Å². The third kappa shape index (κ3) is 3.09. The highest BCUT2D eigenvalue weighted by atomic mass is 19.3. The maximum Gasteiger partial charge on any atom is 0.261 e. The monoisotopic (exact) mass is 481 g/mol. The van der Waals surface area contributed by atoms with Gasteiger partial charge in [-0.25, -0.2) is 13.8 Å². The van der Waals surface area contributed by atoms with Crippen LogP contribution in [-0.2, 0) is 10.2 Å². The lowest BCUT2D eigenvalue weighted by Gasteiger charge is -2.69. The fourth-order valence-electron chi connectivity index (χ4n) is 6.61. The Bertz CT molecular complexity index is 1390. The zero-order valence-electron chi connectivity index (χ0n) is 20.0. The molecule has 184 valence electrons. The second kappa shape index (κ2) is 7.18. The number of aryl methyl sites for hydroxylation is 1. The van der Waals surface area contributed by atoms with Gasteiger partial charge in [0.2, 0.25) is 6.43 Å². The fourth-order valence-corrected chi connectivity index (χ4v) is 6.61. The van der Waals surface area contributed by atoms with Gasteiger partial charge in [-0.1, -0.05) is 0 Å². The maximum atomic E-state index is 13.6. The lowest BCUT2D eigenvalue weighted by molar-refractivity contribution is -0.222. The molecule has 2 bridgehead atoms. The first-order chi connectivity index (χ1) is 16.8. The van der Waals surface area contributed by atoms with Crippen molar-refractivity contribution in [3.63, 3.8) is 0 Å². The molecular weight excluding hydrogens is 452 g/mol. The molecule has 1 aliphatic heterocycles. The molecule has 5 aliphatic rings. The molecule has 35 heavy (non-hydrogen) atoms. The number of ether oxygens (including phenoxy) is 1. The number of halogens is 2. The van der Waals surface area contributed by atoms with Crippen molar-refractivity contribution in [1.82, 2.24) is 24.1 Å². The zero-order chi connectivity index (χ0) is 24.1. The van der Waals surface area contributed by atoms with Gasteiger partial charge in [-0.3, -0.25) is 18.9 Å². The van der Waals surface area contributed by atoms with Gasteiger partial charge >= 0.3 is 0 Å². The van der Waals surface area contributed by atoms with Crippen LogP contribution in [0.2, 0.25) is 0 Å². The molecule has 5 fully saturated rings. The van der Waals surface area contributed by atoms with E-state index in [2.05, 4.69) is 11.3 Å². The van der Waals surface area contributed by atoms with Crippen molar-refractivity contribution in [1.29, 1.82) is 0 Å². The third-order valence-electron chi connectivity index (χ3n) is 8.95. The average Bonchev–Trinajstić information content (AvgIpc) is 3.52. The van der Waals surface area contributed by atoms with Crippen LogP contribution in [0.15, 0.2) is 23.4 Å². The van der Waals surface area contributed by atoms with Gasteiger partial charge in [0.05, 0.1) is 29.7 Å². The molecule has 3 aromatic rings. The SMILES string of the molecule is Cc1nc2c(C34CC(C(F)F)(C3)C4)nc([C@@H]3CCO[C@H](c4cnn(C5CC5)c4)C3)cn2c(=O)c1C. The Morgan fingerprint density at radius 1 is 1.11 bits per heavy atom. The van der Waals surface area contributed by atoms with E-state index in [4.69, 9.17) is 14.7 Å². The standard InChI is InChI=1S/C26H29F2N5O2/c1-14-15(2)30-22-21(25-11-26(12-25,13-25)24(27)28)31-19(10-32(22)23(14)34)16-5-6-35-20(7-16)17-8-29-33(9-17)18-3-4-18/h8-10,16,18,20,24H,3-7,11-13H2,1-2H3/t16-,20+,25?,26?/m1/s1. The Kier molecular flexibility index (Phi) is 4.43. The summed E-state index contributed by atoms with van der Waals surface area (Å²) in [5.41, 5.74) is 3.05. The molecule has 0 amide bonds. The second-order valence-corrected chi connectivity index (χ2v) is 11.4. The number of fused-ring (bicyclic) bond motifs is 1. The van der Waals surface area contributed by atoms with Crippen molar-refractivity contribution in [2.24, 2.45) is 5.41 Å². The maximum absolute atomic E-state index is 13.6. The molecule has 0 spiro atoms. The van der Waals surface area contributed by atoms with Crippen molar-refractivity contribution in [2.75, 3.05) is 6.61 Å². The summed E-state index contributed by atoms with van der Waals surface area (Å²) in [6.45, 7) is 4.20. The Morgan fingerprint density at radius 3 is 2.60 bits per heavy atom. The average molecular weight is 482 g/mol. The van der Waals surface area contributed by atoms with E-state index < -0.39 is 17.3 Å². The summed E-state index contributed by atoms with van der Waals surface area (Å²) in [5.74, 6) is 0.103. The summed E-state index contributed by atoms with van der Waals surface area (Å²) in [6, 6.07) is 0.517. The first-order valence-electron chi connectivity index (χ1n) is 12.6. The topological polar surface area (TPSA) is 74.3 Å². The Hall–Kier alpha value is -2.68. The van der Waals surface area contributed by atoms with Crippen LogP contribution in [0, 0.1) is 19.3 Å². The summed E-state index contributed by atoms with van der Waals surface area (Å²) in [4.78, 5) is 23.1. The van der Waals surface area contributed by atoms with Gasteiger partial charge in [-0.2, -0.15) is 5.10 Å². The van der Waals surface area contributed by atoms with Crippen LogP contribution in [0.4, 0.5) is 8.78 Å². The Labute approximate surface area is 201 Å². The predicted octanol–water partition coefficient (Wildman–Crippen LogP) is 4.56. The van der Waals surface area contributed by atoms with E-state index in [1.54, 1.807) is 11.3 Å². The summed E-state index contributed by atoms with van der Waals surface area (Å²) in [5, 5.41) is 4.52. The van der Waals surface area contributed by atoms with Crippen LogP contribution in [0.1, 0.15) is 91.2 Å². The molecule has 0 aromatic carbocycles. The van der Waals surface area contributed by atoms with E-state index in [1.165, 1.54) is 12.8 Å². The Morgan fingerprint density at radius 2 is 1.89 bits per heavy atom. The lowest BCUT2D eigenvalue weighted by Crippen LogP contribution is -2.68. The van der Waals surface area contributed by atoms with Crippen LogP contribution in [0.3, 0.4) is 0 Å². The van der Waals surface area contributed by atoms with Gasteiger partial charge < -0.3 is 4.74 Å². The van der Waals surface area contributed by atoms with Crippen molar-refractivity contribution >= 4 is 5.65 Å². The molecule has 3 aromatic heterocycles. The normalized spacial score (nSPS) is 32.0. The molecule has 1 saturated heterocycles. The summed E-state index contributed by atoms with van der Waals surface area (Å²) in [7, 11) is 0. The van der Waals surface area contributed by atoms with Crippen molar-refractivity contribution in [2.45, 2.75) is 88.7 Å². The van der Waals surface area contributed by atoms with Gasteiger partial charge in [-0.15, -0.1) is 0 Å². The van der Waals surface area contributed by atoms with Crippen LogP contribution < -0.4 is 5.56 Å². The van der Waals surface area contributed by atoms with Gasteiger partial charge in [0.25, 0.3) is 5.56 Å². The summed E-state index contributed by atoms with van der Waals surface area (Å²) in [6.07, 6.45) is 8.59. The van der Waals surface area contributed by atoms with Crippen LogP contribution in [-0.4, -0.2) is 37.2 Å². The number of aromatic nitrogens is 5. The minimum absolute atomic E-state index is 0.0751. The second-order valence-electron chi connectivity index (χ2n) is 11.4. The molecule has 0 unspecified atom stereocenters. The smallest absolute Gasteiger partial charge is 0.261 e. The minimum atomic E-state index is -2.31. The van der Waals surface area contributed by atoms with Crippen molar-refractivity contribution < 1.29 is 13.5 Å². The molecule has 4 heterocycles. The van der Waals surface area contributed by atoms with E-state index in [0.29, 0.717) is 48.8 Å². The highest BCUT2D eigenvalue weighted by Crippen LogP contribution is 2.75. The molecule has 0 radical (unpaired) electrons. The van der Waals surface area contributed by atoms with Crippen LogP contribution >= 0.6 is 0 Å². The molecule has 4 aliphatic carbocycles. The van der Waals surface area contributed by atoms with E-state index in [9.17, 15) is 13.6 Å². The predicted molar refractivity (Wildman–Crippen MR) is 124 cm³/mol. The number of rotatable bonds is 5. The quantitative estimate of drug-likeness (QED) is 0.534. The first kappa shape index (κ1) is 21.6. The summed E-state index contributed by atoms with van der Waals surface area (Å²) >= 11 is 0. The fraction of sp³-hybridized carbons (Fsp3) is 0.615. The molecule has 8 rings (SSSR count). The molecular formula is C26H29F2N5O2. The van der Waals surface area contributed by atoms with E-state index in [-0.39, 0.29) is 17.6 Å². The van der Waals surface area contributed by atoms with Crippen molar-refractivity contribution in [3.8, 4) is 0 Å². The lowest BCUT2D eigenvalue weighted by atomic mass is 9.34. The number of alkyl halides is 2. The largest absolute Gasteiger partial charge is 0.373 e. The summed E-state index contributed by atoms with van der Waals surface area (Å²) < 4.78 is 37.0. The molecule has 7 nitrogen and oxygen atoms in total. The Balaban J connectivity index is 1.27. The number of hydrogen-bond donors (Lipinski definition) is 0. The molecule has 0 N–H and O–H groups in total. The molecule has 4 saturated carbocycles. The zero-order valence-corrected chi connectivity index (χ0v) is 20.0. The van der Waals surface area contributed by atoms with Gasteiger partial charge in [-0.05, 0) is 58.8 Å². The molecule has 2 atom stereocenters. The number of nitrogens with zero attached hydrogens (tertiary/aromatic N) is 5. The van der Waals surface area contributed by atoms with Crippen molar-refractivity contribution in [3.05, 3.63) is 57.2 Å². The van der Waals surface area contributed by atoms with E-state index >= 15 is 0 Å². The van der Waals surface area contributed by atoms with Gasteiger partial charge in [0, 0.05) is 52.6 Å². The van der Waals surface area contributed by atoms with Gasteiger partial charge in [0.1, 0.15) is 0 Å². The van der Waals surface area contributed by atoms with Crippen LogP contribution in [0.5, 0.6) is 0 Å². The van der Waals surface area contributed by atoms with E-state index in [1.807, 2.05) is 24.0 Å². The van der Waals surface area contributed by atoms with Crippen LogP contribution in [0.25, 0.3) is 5.65 Å². The van der Waals surface area contributed by atoms with Gasteiger partial charge in [0.15, 0.2) is 5.65 Å². The first-order valence-corrected chi connectivity index (χ1v) is 12.6. The molecule has 9 heteroatoms. The third-order valence-corrected chi connectivity index (χ3v) is 8.95. The highest BCUT2D eigenvalue weighted by molar-refractivity contribution is 5.54. The minimum Gasteiger partial charge on any atom is -0.373 e. The number of hydrogen-bond acceptors (Lipinski definition) is 5. The highest BCUT2D eigenvalue weighted by Gasteiger charge is 2.73.